The van der Waals surface area contributed by atoms with Gasteiger partial charge >= 0.3 is 0 Å². The summed E-state index contributed by atoms with van der Waals surface area (Å²) in [6, 6.07) is 10.9. The van der Waals surface area contributed by atoms with Gasteiger partial charge in [-0.1, -0.05) is 43.2 Å². The molecule has 1 aromatic heterocycles. The van der Waals surface area contributed by atoms with E-state index < -0.39 is 0 Å². The first kappa shape index (κ1) is 26.2. The van der Waals surface area contributed by atoms with Gasteiger partial charge in [0.05, 0.1) is 17.0 Å². The Balaban J connectivity index is 1.10. The number of rotatable bonds is 7. The Morgan fingerprint density at radius 1 is 1.03 bits per heavy atom. The lowest BCUT2D eigenvalue weighted by Gasteiger charge is -2.32. The minimum Gasteiger partial charge on any atom is -0.342 e. The highest BCUT2D eigenvalue weighted by Crippen LogP contribution is 2.40. The van der Waals surface area contributed by atoms with Gasteiger partial charge in [0.15, 0.2) is 0 Å². The molecule has 206 valence electrons. The van der Waals surface area contributed by atoms with Crippen molar-refractivity contribution in [3.63, 3.8) is 0 Å². The number of hydrogen-bond acceptors (Lipinski definition) is 5. The number of hydrogen-bond donors (Lipinski definition) is 0. The van der Waals surface area contributed by atoms with Gasteiger partial charge in [0.2, 0.25) is 5.91 Å². The van der Waals surface area contributed by atoms with Gasteiger partial charge in [0.1, 0.15) is 6.33 Å². The molecule has 2 saturated heterocycles. The number of benzene rings is 1. The molecule has 7 nitrogen and oxygen atoms in total. The van der Waals surface area contributed by atoms with Crippen LogP contribution >= 0.6 is 0 Å². The zero-order valence-corrected chi connectivity index (χ0v) is 23.4. The maximum Gasteiger partial charge on any atom is 0.261 e. The van der Waals surface area contributed by atoms with Gasteiger partial charge in [0.25, 0.3) is 5.91 Å². The Hall–Kier alpha value is -3.06. The van der Waals surface area contributed by atoms with Crippen molar-refractivity contribution in [2.75, 3.05) is 39.3 Å². The van der Waals surface area contributed by atoms with E-state index in [2.05, 4.69) is 56.3 Å². The van der Waals surface area contributed by atoms with Crippen LogP contribution in [0.15, 0.2) is 48.4 Å². The third-order valence-electron chi connectivity index (χ3n) is 9.79. The van der Waals surface area contributed by atoms with E-state index in [1.165, 1.54) is 43.1 Å². The van der Waals surface area contributed by atoms with Gasteiger partial charge < -0.3 is 9.80 Å². The lowest BCUT2D eigenvalue weighted by atomic mass is 9.76. The van der Waals surface area contributed by atoms with E-state index in [0.717, 1.165) is 69.9 Å². The highest BCUT2D eigenvalue weighted by molar-refractivity contribution is 5.97. The summed E-state index contributed by atoms with van der Waals surface area (Å²) in [5, 5.41) is 0. The zero-order valence-electron chi connectivity index (χ0n) is 23.4. The summed E-state index contributed by atoms with van der Waals surface area (Å²) in [7, 11) is 0. The van der Waals surface area contributed by atoms with Crippen molar-refractivity contribution < 1.29 is 9.59 Å². The van der Waals surface area contributed by atoms with Gasteiger partial charge in [-0.2, -0.15) is 0 Å². The van der Waals surface area contributed by atoms with E-state index in [-0.39, 0.29) is 11.3 Å². The molecule has 2 aromatic rings. The highest BCUT2D eigenvalue weighted by Gasteiger charge is 2.43. The molecule has 2 amide bonds. The van der Waals surface area contributed by atoms with E-state index in [9.17, 15) is 9.59 Å². The van der Waals surface area contributed by atoms with Gasteiger partial charge in [-0.3, -0.25) is 14.5 Å². The fraction of sp³-hybridized carbons (Fsp3) is 0.562. The summed E-state index contributed by atoms with van der Waals surface area (Å²) >= 11 is 0. The van der Waals surface area contributed by atoms with E-state index in [1.54, 1.807) is 0 Å². The highest BCUT2D eigenvalue weighted by atomic mass is 16.2. The molecule has 39 heavy (non-hydrogen) atoms. The Labute approximate surface area is 232 Å². The molecular weight excluding hydrogens is 486 g/mol. The van der Waals surface area contributed by atoms with Crippen LogP contribution in [-0.4, -0.2) is 75.8 Å². The molecule has 0 spiro atoms. The molecule has 1 saturated carbocycles. The predicted molar refractivity (Wildman–Crippen MR) is 151 cm³/mol. The summed E-state index contributed by atoms with van der Waals surface area (Å²) in [5.74, 6) is 1.35. The topological polar surface area (TPSA) is 69.6 Å². The van der Waals surface area contributed by atoms with E-state index in [1.807, 2.05) is 18.7 Å². The number of amides is 2. The number of carbonyl (C=O) groups excluding carboxylic acids is 2. The molecule has 3 aliphatic heterocycles. The van der Waals surface area contributed by atoms with Crippen LogP contribution in [0.2, 0.25) is 0 Å². The molecule has 3 fully saturated rings. The van der Waals surface area contributed by atoms with Crippen LogP contribution in [0.4, 0.5) is 0 Å². The van der Waals surface area contributed by atoms with Crippen LogP contribution < -0.4 is 0 Å². The minimum absolute atomic E-state index is 0.00963. The lowest BCUT2D eigenvalue weighted by Crippen LogP contribution is -2.38. The average Bonchev–Trinajstić information content (AvgIpc) is 3.72. The number of aromatic nitrogens is 2. The normalized spacial score (nSPS) is 25.4. The van der Waals surface area contributed by atoms with Crippen LogP contribution in [0, 0.1) is 25.7 Å². The fourth-order valence-electron chi connectivity index (χ4n) is 7.47. The predicted octanol–water partition coefficient (Wildman–Crippen LogP) is 4.51. The second-order valence-corrected chi connectivity index (χ2v) is 12.3. The Morgan fingerprint density at radius 2 is 1.77 bits per heavy atom. The van der Waals surface area contributed by atoms with E-state index in [0.29, 0.717) is 23.3 Å². The zero-order chi connectivity index (χ0) is 27.0. The summed E-state index contributed by atoms with van der Waals surface area (Å²) in [6.07, 6.45) is 11.4. The SMILES string of the molecule is Cc1ncnc(C)c1C(=O)N1C=C2CN(CCC3(c4ccccc4)CCN(C(=O)CC4CCCC4)C3)CC2C1. The first-order valence-corrected chi connectivity index (χ1v) is 14.8. The van der Waals surface area contributed by atoms with Crippen molar-refractivity contribution in [3.05, 3.63) is 70.9 Å². The van der Waals surface area contributed by atoms with E-state index in [4.69, 9.17) is 0 Å². The van der Waals surface area contributed by atoms with Gasteiger partial charge in [-0.25, -0.2) is 9.97 Å². The number of fused-ring (bicyclic) bond motifs is 1. The molecular formula is C32H41N5O2. The quantitative estimate of drug-likeness (QED) is 0.530. The van der Waals surface area contributed by atoms with Crippen molar-refractivity contribution in [2.24, 2.45) is 11.8 Å². The first-order chi connectivity index (χ1) is 18.9. The number of aryl methyl sites for hydroxylation is 2. The second kappa shape index (κ2) is 10.8. The molecule has 0 bridgehead atoms. The van der Waals surface area contributed by atoms with Gasteiger partial charge in [-0.15, -0.1) is 0 Å². The smallest absolute Gasteiger partial charge is 0.261 e. The first-order valence-electron chi connectivity index (χ1n) is 14.8. The van der Waals surface area contributed by atoms with Crippen molar-refractivity contribution >= 4 is 11.8 Å². The van der Waals surface area contributed by atoms with Crippen molar-refractivity contribution in [2.45, 2.75) is 64.2 Å². The second-order valence-electron chi connectivity index (χ2n) is 12.3. The molecule has 0 N–H and O–H groups in total. The Morgan fingerprint density at radius 3 is 2.49 bits per heavy atom. The molecule has 7 heteroatoms. The third-order valence-corrected chi connectivity index (χ3v) is 9.79. The van der Waals surface area contributed by atoms with Crippen LogP contribution in [0.3, 0.4) is 0 Å². The van der Waals surface area contributed by atoms with Crippen LogP contribution in [0.5, 0.6) is 0 Å². The molecule has 1 aliphatic carbocycles. The van der Waals surface area contributed by atoms with Crippen LogP contribution in [-0.2, 0) is 10.2 Å². The largest absolute Gasteiger partial charge is 0.342 e. The van der Waals surface area contributed by atoms with E-state index >= 15 is 0 Å². The standard InChI is InChI=1S/C32H41N5O2/c1-23-30(24(2)34-22-33-23)31(39)37-19-26-17-35(18-27(26)20-37)14-12-32(28-10-4-3-5-11-28)13-15-36(21-32)29(38)16-25-8-6-7-9-25/h3-5,10-11,19,22,25,27H,6-9,12-18,20-21H2,1-2H3. The Bertz CT molecular complexity index is 1230. The summed E-state index contributed by atoms with van der Waals surface area (Å²) in [5.41, 5.74) is 4.84. The number of nitrogens with zero attached hydrogens (tertiary/aromatic N) is 5. The van der Waals surface area contributed by atoms with Gasteiger partial charge in [-0.05, 0) is 63.1 Å². The number of carbonyl (C=O) groups is 2. The molecule has 0 radical (unpaired) electrons. The van der Waals surface area contributed by atoms with Crippen molar-refractivity contribution in [1.82, 2.24) is 24.7 Å². The maximum absolute atomic E-state index is 13.3. The number of likely N-dealkylation sites (tertiary alicyclic amines) is 2. The van der Waals surface area contributed by atoms with Gasteiger partial charge in [0, 0.05) is 56.7 Å². The summed E-state index contributed by atoms with van der Waals surface area (Å²) in [4.78, 5) is 41.5. The molecule has 2 unspecified atom stereocenters. The summed E-state index contributed by atoms with van der Waals surface area (Å²) in [6.45, 7) is 9.08. The molecule has 4 heterocycles. The lowest BCUT2D eigenvalue weighted by molar-refractivity contribution is -0.131. The molecule has 6 rings (SSSR count). The fourth-order valence-corrected chi connectivity index (χ4v) is 7.47. The minimum atomic E-state index is 0.00963. The monoisotopic (exact) mass is 527 g/mol. The van der Waals surface area contributed by atoms with Crippen LogP contribution in [0.25, 0.3) is 0 Å². The molecule has 4 aliphatic rings. The molecule has 1 aromatic carbocycles. The van der Waals surface area contributed by atoms with Crippen LogP contribution in [0.1, 0.15) is 72.3 Å². The third kappa shape index (κ3) is 5.25. The maximum atomic E-state index is 13.3. The van der Waals surface area contributed by atoms with Crippen molar-refractivity contribution in [1.29, 1.82) is 0 Å². The van der Waals surface area contributed by atoms with Crippen molar-refractivity contribution in [3.8, 4) is 0 Å². The average molecular weight is 528 g/mol. The summed E-state index contributed by atoms with van der Waals surface area (Å²) < 4.78 is 0. The Kier molecular flexibility index (Phi) is 7.27. The molecule has 2 atom stereocenters.